The second-order valence-electron chi connectivity index (χ2n) is 9.48. The number of aryl methyl sites for hydroxylation is 1. The molecule has 200 valence electrons. The van der Waals surface area contributed by atoms with Crippen molar-refractivity contribution in [3.05, 3.63) is 96.2 Å². The largest absolute Gasteiger partial charge is 0.366 e. The van der Waals surface area contributed by atoms with Gasteiger partial charge in [-0.25, -0.2) is 0 Å². The molecule has 12 heteroatoms. The standard InChI is InChI=1S/C27H25N5O6S/c1-17-13-20(14-25-26(33)29(27(34)39-25)16-19-5-7-21(8-6-19)31(35)36)18(2)30(17)22-9-10-23(24(15-22)32(37)38)28-11-3-4-12-28/h5-10,13-15H,3-4,11-12,16H2,1-2H3/b25-14-. The average Bonchev–Trinajstić information content (AvgIpc) is 3.60. The number of rotatable bonds is 7. The van der Waals surface area contributed by atoms with Gasteiger partial charge in [-0.2, -0.15) is 0 Å². The van der Waals surface area contributed by atoms with Crippen LogP contribution in [0.25, 0.3) is 11.8 Å². The van der Waals surface area contributed by atoms with Gasteiger partial charge in [-0.1, -0.05) is 12.1 Å². The number of anilines is 1. The lowest BCUT2D eigenvalue weighted by molar-refractivity contribution is -0.384. The molecule has 0 atom stereocenters. The van der Waals surface area contributed by atoms with E-state index in [0.29, 0.717) is 16.9 Å². The predicted octanol–water partition coefficient (Wildman–Crippen LogP) is 5.75. The summed E-state index contributed by atoms with van der Waals surface area (Å²) in [6, 6.07) is 12.8. The van der Waals surface area contributed by atoms with Gasteiger partial charge in [0.25, 0.3) is 22.5 Å². The van der Waals surface area contributed by atoms with Crippen molar-refractivity contribution in [1.29, 1.82) is 0 Å². The monoisotopic (exact) mass is 547 g/mol. The molecule has 2 amide bonds. The van der Waals surface area contributed by atoms with Crippen molar-refractivity contribution in [3.8, 4) is 5.69 Å². The van der Waals surface area contributed by atoms with Crippen LogP contribution in [0.1, 0.15) is 35.4 Å². The van der Waals surface area contributed by atoms with Crippen molar-refractivity contribution < 1.29 is 19.4 Å². The second-order valence-corrected chi connectivity index (χ2v) is 10.5. The van der Waals surface area contributed by atoms with Crippen LogP contribution >= 0.6 is 11.8 Å². The fourth-order valence-corrected chi connectivity index (χ4v) is 5.87. The summed E-state index contributed by atoms with van der Waals surface area (Å²) in [6.07, 6.45) is 3.68. The average molecular weight is 548 g/mol. The van der Waals surface area contributed by atoms with Gasteiger partial charge < -0.3 is 9.47 Å². The Morgan fingerprint density at radius 2 is 1.64 bits per heavy atom. The highest BCUT2D eigenvalue weighted by molar-refractivity contribution is 8.18. The Kier molecular flexibility index (Phi) is 6.96. The van der Waals surface area contributed by atoms with Crippen LogP contribution < -0.4 is 4.90 Å². The second kappa shape index (κ2) is 10.4. The fraction of sp³-hybridized carbons (Fsp3) is 0.259. The lowest BCUT2D eigenvalue weighted by atomic mass is 10.2. The van der Waals surface area contributed by atoms with Crippen molar-refractivity contribution >= 4 is 46.0 Å². The number of thioether (sulfide) groups is 1. The van der Waals surface area contributed by atoms with E-state index in [-0.39, 0.29) is 27.7 Å². The summed E-state index contributed by atoms with van der Waals surface area (Å²) in [5.41, 5.74) is 4.16. The summed E-state index contributed by atoms with van der Waals surface area (Å²) >= 11 is 0.832. The summed E-state index contributed by atoms with van der Waals surface area (Å²) in [7, 11) is 0. The first kappa shape index (κ1) is 26.2. The molecule has 2 aliphatic heterocycles. The molecule has 2 fully saturated rings. The van der Waals surface area contributed by atoms with Crippen LogP contribution in [-0.4, -0.2) is 43.5 Å². The molecule has 2 aromatic carbocycles. The van der Waals surface area contributed by atoms with E-state index >= 15 is 0 Å². The molecular weight excluding hydrogens is 522 g/mol. The molecule has 2 aliphatic rings. The number of benzene rings is 2. The van der Waals surface area contributed by atoms with Crippen LogP contribution in [0.4, 0.5) is 21.9 Å². The Hall–Kier alpha value is -4.45. The van der Waals surface area contributed by atoms with E-state index in [0.717, 1.165) is 59.5 Å². The number of amides is 2. The number of carbonyl (C=O) groups excluding carboxylic acids is 2. The Morgan fingerprint density at radius 3 is 2.28 bits per heavy atom. The highest BCUT2D eigenvalue weighted by Gasteiger charge is 2.35. The van der Waals surface area contributed by atoms with Gasteiger partial charge in [0.15, 0.2) is 0 Å². The lowest BCUT2D eigenvalue weighted by Gasteiger charge is -2.19. The zero-order chi connectivity index (χ0) is 27.8. The van der Waals surface area contributed by atoms with Crippen LogP contribution in [0.2, 0.25) is 0 Å². The lowest BCUT2D eigenvalue weighted by Crippen LogP contribution is -2.27. The first-order valence-corrected chi connectivity index (χ1v) is 13.2. The van der Waals surface area contributed by atoms with Crippen molar-refractivity contribution in [3.63, 3.8) is 0 Å². The number of carbonyl (C=O) groups is 2. The number of non-ortho nitro benzene ring substituents is 1. The summed E-state index contributed by atoms with van der Waals surface area (Å²) in [6.45, 7) is 5.34. The van der Waals surface area contributed by atoms with Gasteiger partial charge in [0.1, 0.15) is 5.69 Å². The summed E-state index contributed by atoms with van der Waals surface area (Å²) in [5, 5.41) is 22.4. The number of hydrogen-bond acceptors (Lipinski definition) is 8. The van der Waals surface area contributed by atoms with Crippen LogP contribution in [0.5, 0.6) is 0 Å². The van der Waals surface area contributed by atoms with Gasteiger partial charge in [0.2, 0.25) is 0 Å². The van der Waals surface area contributed by atoms with Crippen LogP contribution in [0.3, 0.4) is 0 Å². The van der Waals surface area contributed by atoms with Gasteiger partial charge in [-0.15, -0.1) is 0 Å². The van der Waals surface area contributed by atoms with Gasteiger partial charge in [0.05, 0.1) is 27.0 Å². The maximum absolute atomic E-state index is 13.1. The highest BCUT2D eigenvalue weighted by Crippen LogP contribution is 2.37. The molecule has 3 aromatic rings. The topological polar surface area (TPSA) is 132 Å². The van der Waals surface area contributed by atoms with Crippen LogP contribution in [-0.2, 0) is 11.3 Å². The molecule has 2 saturated heterocycles. The third-order valence-electron chi connectivity index (χ3n) is 6.98. The Labute approximate surface area is 228 Å². The Bertz CT molecular complexity index is 1540. The predicted molar refractivity (Wildman–Crippen MR) is 148 cm³/mol. The zero-order valence-electron chi connectivity index (χ0n) is 21.3. The number of nitrogens with zero attached hydrogens (tertiary/aromatic N) is 5. The van der Waals surface area contributed by atoms with E-state index in [1.54, 1.807) is 18.2 Å². The molecule has 0 saturated carbocycles. The summed E-state index contributed by atoms with van der Waals surface area (Å²) in [4.78, 5) is 51.0. The SMILES string of the molecule is Cc1cc(/C=C2\SC(=O)N(Cc3ccc([N+](=O)[O-])cc3)C2=O)c(C)n1-c1ccc(N2CCCC2)c([N+](=O)[O-])c1. The number of nitro groups is 2. The summed E-state index contributed by atoms with van der Waals surface area (Å²) < 4.78 is 1.90. The van der Waals surface area contributed by atoms with Gasteiger partial charge in [-0.05, 0) is 73.9 Å². The van der Waals surface area contributed by atoms with Crippen LogP contribution in [0.15, 0.2) is 53.4 Å². The number of nitro benzene ring substituents is 2. The molecule has 39 heavy (non-hydrogen) atoms. The molecule has 0 spiro atoms. The fourth-order valence-electron chi connectivity index (χ4n) is 5.04. The molecule has 0 bridgehead atoms. The van der Waals surface area contributed by atoms with E-state index in [1.165, 1.54) is 24.3 Å². The number of aromatic nitrogens is 1. The van der Waals surface area contributed by atoms with Crippen molar-refractivity contribution in [2.45, 2.75) is 33.2 Å². The number of hydrogen-bond donors (Lipinski definition) is 0. The third kappa shape index (κ3) is 5.02. The molecule has 0 N–H and O–H groups in total. The minimum Gasteiger partial charge on any atom is -0.366 e. The molecule has 0 radical (unpaired) electrons. The minimum atomic E-state index is -0.511. The normalized spacial score (nSPS) is 16.5. The van der Waals surface area contributed by atoms with Gasteiger partial charge in [0, 0.05) is 42.7 Å². The van der Waals surface area contributed by atoms with Crippen molar-refractivity contribution in [1.82, 2.24) is 9.47 Å². The van der Waals surface area contributed by atoms with Crippen molar-refractivity contribution in [2.75, 3.05) is 18.0 Å². The molecule has 11 nitrogen and oxygen atoms in total. The molecule has 1 aromatic heterocycles. The maximum Gasteiger partial charge on any atom is 0.294 e. The first-order chi connectivity index (χ1) is 18.6. The molecule has 3 heterocycles. The van der Waals surface area contributed by atoms with E-state index < -0.39 is 16.1 Å². The van der Waals surface area contributed by atoms with E-state index in [9.17, 15) is 29.8 Å². The zero-order valence-corrected chi connectivity index (χ0v) is 22.1. The van der Waals surface area contributed by atoms with E-state index in [1.807, 2.05) is 35.4 Å². The van der Waals surface area contributed by atoms with E-state index in [4.69, 9.17) is 0 Å². The maximum atomic E-state index is 13.1. The molecule has 0 aliphatic carbocycles. The van der Waals surface area contributed by atoms with E-state index in [2.05, 4.69) is 0 Å². The van der Waals surface area contributed by atoms with Gasteiger partial charge >= 0.3 is 0 Å². The van der Waals surface area contributed by atoms with Gasteiger partial charge in [-0.3, -0.25) is 34.7 Å². The molecular formula is C27H25N5O6S. The quantitative estimate of drug-likeness (QED) is 0.208. The smallest absolute Gasteiger partial charge is 0.294 e. The third-order valence-corrected chi connectivity index (χ3v) is 7.89. The molecule has 5 rings (SSSR count). The van der Waals surface area contributed by atoms with Crippen molar-refractivity contribution in [2.24, 2.45) is 0 Å². The molecule has 0 unspecified atom stereocenters. The van der Waals surface area contributed by atoms with Crippen LogP contribution in [0, 0.1) is 34.1 Å². The Morgan fingerprint density at radius 1 is 0.949 bits per heavy atom. The summed E-state index contributed by atoms with van der Waals surface area (Å²) in [5.74, 6) is -0.446. The Balaban J connectivity index is 1.41. The minimum absolute atomic E-state index is 0.00601. The highest BCUT2D eigenvalue weighted by atomic mass is 32.2. The first-order valence-electron chi connectivity index (χ1n) is 12.4. The number of imide groups is 1.